The van der Waals surface area contributed by atoms with Crippen molar-refractivity contribution >= 4 is 11.6 Å². The van der Waals surface area contributed by atoms with E-state index in [2.05, 4.69) is 11.0 Å². The van der Waals surface area contributed by atoms with Crippen molar-refractivity contribution in [1.82, 2.24) is 4.90 Å². The van der Waals surface area contributed by atoms with Gasteiger partial charge in [0.05, 0.1) is 0 Å². The molecule has 0 bridgehead atoms. The topological polar surface area (TPSA) is 23.6 Å². The lowest BCUT2D eigenvalue weighted by Crippen LogP contribution is -2.31. The zero-order valence-electron chi connectivity index (χ0n) is 15.5. The van der Waals surface area contributed by atoms with Gasteiger partial charge in [0, 0.05) is 37.8 Å². The fourth-order valence-corrected chi connectivity index (χ4v) is 3.64. The maximum absolute atomic E-state index is 14.1. The van der Waals surface area contributed by atoms with E-state index in [1.165, 1.54) is 6.07 Å². The van der Waals surface area contributed by atoms with Crippen LogP contribution in [0.2, 0.25) is 0 Å². The molecule has 0 radical (unpaired) electrons. The molecule has 1 heterocycles. The number of benzene rings is 2. The Morgan fingerprint density at radius 3 is 2.42 bits per heavy atom. The van der Waals surface area contributed by atoms with E-state index in [1.807, 2.05) is 35.2 Å². The molecule has 1 amide bonds. The lowest BCUT2D eigenvalue weighted by molar-refractivity contribution is -0.116. The summed E-state index contributed by atoms with van der Waals surface area (Å²) in [6.07, 6.45) is 4.35. The Balaban J connectivity index is 1.89. The Hall–Kier alpha value is -2.20. The highest BCUT2D eigenvalue weighted by Crippen LogP contribution is 2.25. The number of hydrogen-bond donors (Lipinski definition) is 0. The van der Waals surface area contributed by atoms with E-state index >= 15 is 0 Å². The summed E-state index contributed by atoms with van der Waals surface area (Å²) in [6, 6.07) is 15.1. The van der Waals surface area contributed by atoms with E-state index in [9.17, 15) is 9.18 Å². The minimum absolute atomic E-state index is 0.0809. The van der Waals surface area contributed by atoms with Gasteiger partial charge in [0.1, 0.15) is 5.82 Å². The van der Waals surface area contributed by atoms with Crippen LogP contribution in [0, 0.1) is 5.82 Å². The van der Waals surface area contributed by atoms with E-state index in [-0.39, 0.29) is 11.7 Å². The van der Waals surface area contributed by atoms with Crippen LogP contribution >= 0.6 is 0 Å². The van der Waals surface area contributed by atoms with Crippen LogP contribution in [0.5, 0.6) is 0 Å². The standard InChI is InChI=1S/C22H27FN2O/c1-18(26)25-15-9-3-2-8-14-24(16-19-10-4-6-12-21(19)23)17-20-11-5-7-13-22(20)25/h4-7,10-13H,2-3,8-9,14-17H2,1H3. The van der Waals surface area contributed by atoms with Gasteiger partial charge in [-0.05, 0) is 37.1 Å². The first-order valence-electron chi connectivity index (χ1n) is 9.47. The Morgan fingerprint density at radius 2 is 1.65 bits per heavy atom. The van der Waals surface area contributed by atoms with Gasteiger partial charge < -0.3 is 4.90 Å². The van der Waals surface area contributed by atoms with Crippen molar-refractivity contribution in [2.45, 2.75) is 45.7 Å². The highest BCUT2D eigenvalue weighted by atomic mass is 19.1. The zero-order chi connectivity index (χ0) is 18.4. The number of fused-ring (bicyclic) bond motifs is 1. The summed E-state index contributed by atoms with van der Waals surface area (Å²) >= 11 is 0. The average Bonchev–Trinajstić information content (AvgIpc) is 2.66. The highest BCUT2D eigenvalue weighted by Gasteiger charge is 2.18. The molecule has 26 heavy (non-hydrogen) atoms. The largest absolute Gasteiger partial charge is 0.312 e. The van der Waals surface area contributed by atoms with Gasteiger partial charge in [-0.1, -0.05) is 49.2 Å². The number of rotatable bonds is 2. The maximum Gasteiger partial charge on any atom is 0.223 e. The monoisotopic (exact) mass is 354 g/mol. The first-order valence-corrected chi connectivity index (χ1v) is 9.47. The number of carbonyl (C=O) groups excluding carboxylic acids is 1. The fraction of sp³-hybridized carbons (Fsp3) is 0.409. The molecule has 2 aromatic carbocycles. The fourth-order valence-electron chi connectivity index (χ4n) is 3.64. The van der Waals surface area contributed by atoms with Crippen LogP contribution in [-0.2, 0) is 17.9 Å². The van der Waals surface area contributed by atoms with E-state index < -0.39 is 0 Å². The maximum atomic E-state index is 14.1. The molecule has 4 heteroatoms. The molecule has 3 rings (SSSR count). The van der Waals surface area contributed by atoms with Crippen LogP contribution in [0.3, 0.4) is 0 Å². The van der Waals surface area contributed by atoms with Crippen molar-refractivity contribution < 1.29 is 9.18 Å². The predicted octanol–water partition coefficient (Wildman–Crippen LogP) is 4.75. The Bertz CT molecular complexity index is 746. The zero-order valence-corrected chi connectivity index (χ0v) is 15.5. The number of anilines is 1. The summed E-state index contributed by atoms with van der Waals surface area (Å²) in [7, 11) is 0. The number of hydrogen-bond acceptors (Lipinski definition) is 2. The third-order valence-corrected chi connectivity index (χ3v) is 5.01. The van der Waals surface area contributed by atoms with Gasteiger partial charge in [0.2, 0.25) is 5.91 Å². The van der Waals surface area contributed by atoms with Crippen LogP contribution in [-0.4, -0.2) is 23.9 Å². The van der Waals surface area contributed by atoms with E-state index in [0.29, 0.717) is 13.1 Å². The Morgan fingerprint density at radius 1 is 0.962 bits per heavy atom. The molecule has 0 spiro atoms. The number of halogens is 1. The van der Waals surface area contributed by atoms with Crippen LogP contribution in [0.25, 0.3) is 0 Å². The lowest BCUT2D eigenvalue weighted by atomic mass is 10.1. The van der Waals surface area contributed by atoms with Gasteiger partial charge in [-0.3, -0.25) is 9.69 Å². The molecule has 0 fully saturated rings. The van der Waals surface area contributed by atoms with Gasteiger partial charge in [0.15, 0.2) is 0 Å². The van der Waals surface area contributed by atoms with Crippen LogP contribution in [0.1, 0.15) is 43.7 Å². The number of amides is 1. The molecule has 0 saturated heterocycles. The van der Waals surface area contributed by atoms with Crippen molar-refractivity contribution in [2.75, 3.05) is 18.0 Å². The van der Waals surface area contributed by atoms with Crippen molar-refractivity contribution in [3.63, 3.8) is 0 Å². The van der Waals surface area contributed by atoms with Crippen molar-refractivity contribution in [1.29, 1.82) is 0 Å². The van der Waals surface area contributed by atoms with Crippen molar-refractivity contribution in [3.8, 4) is 0 Å². The van der Waals surface area contributed by atoms with Gasteiger partial charge in [-0.15, -0.1) is 0 Å². The third-order valence-electron chi connectivity index (χ3n) is 5.01. The summed E-state index contributed by atoms with van der Waals surface area (Å²) in [5, 5.41) is 0. The average molecular weight is 354 g/mol. The third kappa shape index (κ3) is 4.70. The second-order valence-corrected chi connectivity index (χ2v) is 7.02. The molecule has 0 N–H and O–H groups in total. The quantitative estimate of drug-likeness (QED) is 0.777. The summed E-state index contributed by atoms with van der Waals surface area (Å²) < 4.78 is 14.1. The van der Waals surface area contributed by atoms with Crippen molar-refractivity contribution in [2.24, 2.45) is 0 Å². The predicted molar refractivity (Wildman–Crippen MR) is 103 cm³/mol. The first kappa shape index (κ1) is 18.6. The molecule has 1 aliphatic heterocycles. The molecule has 0 atom stereocenters. The summed E-state index contributed by atoms with van der Waals surface area (Å²) in [6.45, 7) is 4.63. The van der Waals surface area contributed by atoms with Gasteiger partial charge in [0.25, 0.3) is 0 Å². The summed E-state index contributed by atoms with van der Waals surface area (Å²) in [4.78, 5) is 16.4. The second kappa shape index (κ2) is 8.95. The number of carbonyl (C=O) groups is 1. The lowest BCUT2D eigenvalue weighted by Gasteiger charge is -2.27. The van der Waals surface area contributed by atoms with E-state index in [4.69, 9.17) is 0 Å². The van der Waals surface area contributed by atoms with Gasteiger partial charge in [-0.2, -0.15) is 0 Å². The molecule has 0 saturated carbocycles. The molecular weight excluding hydrogens is 327 g/mol. The number of nitrogens with zero attached hydrogens (tertiary/aromatic N) is 2. The minimum Gasteiger partial charge on any atom is -0.312 e. The second-order valence-electron chi connectivity index (χ2n) is 7.02. The smallest absolute Gasteiger partial charge is 0.223 e. The molecule has 0 aliphatic carbocycles. The van der Waals surface area contributed by atoms with Crippen LogP contribution in [0.4, 0.5) is 10.1 Å². The summed E-state index contributed by atoms with van der Waals surface area (Å²) in [5.74, 6) is -0.0715. The minimum atomic E-state index is -0.152. The molecule has 0 aromatic heterocycles. The molecule has 138 valence electrons. The Labute approximate surface area is 155 Å². The molecule has 3 nitrogen and oxygen atoms in total. The molecular formula is C22H27FN2O. The van der Waals surface area contributed by atoms with Gasteiger partial charge in [-0.25, -0.2) is 4.39 Å². The van der Waals surface area contributed by atoms with Crippen LogP contribution < -0.4 is 4.90 Å². The Kier molecular flexibility index (Phi) is 6.40. The molecule has 0 unspecified atom stereocenters. The molecule has 2 aromatic rings. The highest BCUT2D eigenvalue weighted by molar-refractivity contribution is 5.92. The molecule has 1 aliphatic rings. The van der Waals surface area contributed by atoms with E-state index in [1.54, 1.807) is 13.0 Å². The first-order chi connectivity index (χ1) is 12.6. The SMILES string of the molecule is CC(=O)N1CCCCCCN(Cc2ccccc2F)Cc2ccccc21. The summed E-state index contributed by atoms with van der Waals surface area (Å²) in [5.41, 5.74) is 2.84. The van der Waals surface area contributed by atoms with E-state index in [0.717, 1.165) is 55.6 Å². The van der Waals surface area contributed by atoms with Crippen LogP contribution in [0.15, 0.2) is 48.5 Å². The van der Waals surface area contributed by atoms with Crippen molar-refractivity contribution in [3.05, 3.63) is 65.5 Å². The number of para-hydroxylation sites is 1. The normalized spacial score (nSPS) is 16.6. The van der Waals surface area contributed by atoms with Gasteiger partial charge >= 0.3 is 0 Å².